The van der Waals surface area contributed by atoms with Crippen LogP contribution in [0.5, 0.6) is 0 Å². The summed E-state index contributed by atoms with van der Waals surface area (Å²) >= 11 is 0. The van der Waals surface area contributed by atoms with Crippen molar-refractivity contribution in [3.05, 3.63) is 64.9 Å². The Balaban J connectivity index is 1.03. The molecule has 1 aliphatic heterocycles. The van der Waals surface area contributed by atoms with Gasteiger partial charge in [0, 0.05) is 36.8 Å². The maximum atomic E-state index is 13.6. The Bertz CT molecular complexity index is 1570. The number of aromatic amines is 1. The molecule has 1 fully saturated rings. The normalized spacial score (nSPS) is 15.6. The van der Waals surface area contributed by atoms with E-state index in [1.807, 2.05) is 13.1 Å². The lowest BCUT2D eigenvalue weighted by Gasteiger charge is -2.37. The van der Waals surface area contributed by atoms with Gasteiger partial charge in [-0.3, -0.25) is 4.79 Å². The van der Waals surface area contributed by atoms with Crippen molar-refractivity contribution in [3.8, 4) is 11.3 Å². The quantitative estimate of drug-likeness (QED) is 0.323. The van der Waals surface area contributed by atoms with Crippen molar-refractivity contribution in [3.63, 3.8) is 0 Å². The summed E-state index contributed by atoms with van der Waals surface area (Å²) < 4.78 is 34.0. The van der Waals surface area contributed by atoms with Crippen LogP contribution in [0.25, 0.3) is 11.3 Å². The second-order valence-corrected chi connectivity index (χ2v) is 11.7. The lowest BCUT2D eigenvalue weighted by molar-refractivity contribution is -0.157. The number of H-pyrrole nitrogens is 1. The Morgan fingerprint density at radius 3 is 2.49 bits per heavy atom. The van der Waals surface area contributed by atoms with E-state index in [0.29, 0.717) is 18.8 Å². The van der Waals surface area contributed by atoms with Crippen LogP contribution >= 0.6 is 0 Å². The molecule has 0 radical (unpaired) electrons. The third kappa shape index (κ3) is 5.48. The zero-order valence-electron chi connectivity index (χ0n) is 23.3. The summed E-state index contributed by atoms with van der Waals surface area (Å²) in [5.74, 6) is -0.529. The van der Waals surface area contributed by atoms with Crippen LogP contribution in [-0.4, -0.2) is 60.0 Å². The van der Waals surface area contributed by atoms with E-state index in [9.17, 15) is 13.6 Å². The predicted octanol–water partition coefficient (Wildman–Crippen LogP) is 3.77. The van der Waals surface area contributed by atoms with E-state index in [0.717, 1.165) is 52.8 Å². The number of fused-ring (bicyclic) bond motifs is 1. The minimum Gasteiger partial charge on any atom is -0.442 e. The van der Waals surface area contributed by atoms with Gasteiger partial charge in [-0.25, -0.2) is 28.4 Å². The Labute approximate surface area is 235 Å². The molecule has 0 unspecified atom stereocenters. The number of anilines is 2. The number of benzene rings is 1. The van der Waals surface area contributed by atoms with Crippen LogP contribution in [0, 0.1) is 24.0 Å². The summed E-state index contributed by atoms with van der Waals surface area (Å²) in [6, 6.07) is 2.51. The van der Waals surface area contributed by atoms with Crippen LogP contribution in [0.15, 0.2) is 30.7 Å². The number of nitrogens with zero attached hydrogens (tertiary/aromatic N) is 7. The molecule has 6 rings (SSSR count). The zero-order valence-corrected chi connectivity index (χ0v) is 23.3. The summed E-state index contributed by atoms with van der Waals surface area (Å²) in [7, 11) is 0. The van der Waals surface area contributed by atoms with Crippen molar-refractivity contribution >= 4 is 17.9 Å². The molecule has 0 spiro atoms. The van der Waals surface area contributed by atoms with E-state index in [1.54, 1.807) is 33.2 Å². The molecule has 0 saturated carbocycles. The molecule has 3 aromatic heterocycles. The number of rotatable bonds is 7. The van der Waals surface area contributed by atoms with Gasteiger partial charge in [0.05, 0.1) is 34.9 Å². The number of hydrogen-bond acceptors (Lipinski definition) is 9. The average Bonchev–Trinajstić information content (AvgIpc) is 3.62. The summed E-state index contributed by atoms with van der Waals surface area (Å²) in [5, 5.41) is 11.6. The monoisotopic (exact) mass is 563 g/mol. The fourth-order valence-electron chi connectivity index (χ4n) is 5.05. The lowest BCUT2D eigenvalue weighted by atomic mass is 9.97. The van der Waals surface area contributed by atoms with Gasteiger partial charge in [-0.05, 0) is 63.8 Å². The van der Waals surface area contributed by atoms with Gasteiger partial charge in [0.2, 0.25) is 11.9 Å². The van der Waals surface area contributed by atoms with Gasteiger partial charge >= 0.3 is 5.97 Å². The highest BCUT2D eigenvalue weighted by Crippen LogP contribution is 2.31. The molecule has 2 N–H and O–H groups in total. The minimum atomic E-state index is -0.822. The topological polar surface area (TPSA) is 127 Å². The van der Waals surface area contributed by atoms with Gasteiger partial charge in [-0.1, -0.05) is 5.21 Å². The number of aromatic nitrogens is 7. The van der Waals surface area contributed by atoms with Crippen LogP contribution in [0.4, 0.5) is 20.7 Å². The van der Waals surface area contributed by atoms with Crippen molar-refractivity contribution in [2.75, 3.05) is 23.3 Å². The number of hydrogen-bond donors (Lipinski definition) is 2. The fraction of sp³-hybridized carbons (Fsp3) is 0.429. The maximum absolute atomic E-state index is 13.6. The molecule has 214 valence electrons. The van der Waals surface area contributed by atoms with Crippen LogP contribution in [0.1, 0.15) is 49.2 Å². The lowest BCUT2D eigenvalue weighted by Crippen LogP contribution is -2.45. The third-order valence-electron chi connectivity index (χ3n) is 7.44. The smallest absolute Gasteiger partial charge is 0.313 e. The second kappa shape index (κ2) is 10.2. The standard InChI is InChI=1S/C28H31F2N9O2/c1-15-20(9-31-26(33-15)34-19-5-16-7-21(29)22(30)8-17(16)6-19)23-10-32-27(35-23)38-11-18(12-38)24-13-39(37-36-24)14-41-25(40)28(2,3)4/h7-10,13,18-19H,5-6,11-12,14H2,1-4H3,(H,32,35)(H,31,33,34). The first-order chi connectivity index (χ1) is 19.5. The molecule has 11 nitrogen and oxygen atoms in total. The molecule has 1 saturated heterocycles. The van der Waals surface area contributed by atoms with Gasteiger partial charge in [-0.15, -0.1) is 5.10 Å². The third-order valence-corrected chi connectivity index (χ3v) is 7.44. The van der Waals surface area contributed by atoms with Crippen LogP contribution in [0.3, 0.4) is 0 Å². The number of nitrogens with one attached hydrogen (secondary N) is 2. The van der Waals surface area contributed by atoms with Crippen LogP contribution in [0.2, 0.25) is 0 Å². The van der Waals surface area contributed by atoms with Gasteiger partial charge in [0.15, 0.2) is 18.4 Å². The second-order valence-electron chi connectivity index (χ2n) is 11.7. The first kappa shape index (κ1) is 26.8. The minimum absolute atomic E-state index is 0.0327. The van der Waals surface area contributed by atoms with Crippen molar-refractivity contribution < 1.29 is 18.3 Å². The zero-order chi connectivity index (χ0) is 28.9. The molecule has 0 bridgehead atoms. The van der Waals surface area contributed by atoms with Crippen molar-refractivity contribution in [1.29, 1.82) is 0 Å². The number of carbonyl (C=O) groups is 1. The number of imidazole rings is 1. The highest BCUT2D eigenvalue weighted by molar-refractivity contribution is 5.75. The van der Waals surface area contributed by atoms with Gasteiger partial charge in [-0.2, -0.15) is 0 Å². The Morgan fingerprint density at radius 2 is 1.83 bits per heavy atom. The summed E-state index contributed by atoms with van der Waals surface area (Å²) in [5.41, 5.74) is 4.29. The van der Waals surface area contributed by atoms with E-state index in [2.05, 4.69) is 40.5 Å². The molecular weight excluding hydrogens is 532 g/mol. The number of ether oxygens (including phenoxy) is 1. The van der Waals surface area contributed by atoms with Gasteiger partial charge < -0.3 is 19.9 Å². The molecular formula is C28H31F2N9O2. The van der Waals surface area contributed by atoms with E-state index in [-0.39, 0.29) is 24.7 Å². The highest BCUT2D eigenvalue weighted by atomic mass is 19.2. The first-order valence-electron chi connectivity index (χ1n) is 13.5. The van der Waals surface area contributed by atoms with Crippen LogP contribution in [-0.2, 0) is 29.1 Å². The van der Waals surface area contributed by atoms with E-state index in [1.165, 1.54) is 16.8 Å². The van der Waals surface area contributed by atoms with Crippen molar-refractivity contribution in [1.82, 2.24) is 34.9 Å². The molecule has 13 heteroatoms. The molecule has 1 aromatic carbocycles. The molecule has 1 aliphatic carbocycles. The van der Waals surface area contributed by atoms with Crippen molar-refractivity contribution in [2.24, 2.45) is 5.41 Å². The first-order valence-corrected chi connectivity index (χ1v) is 13.5. The highest BCUT2D eigenvalue weighted by Gasteiger charge is 2.32. The molecule has 4 aromatic rings. The maximum Gasteiger partial charge on any atom is 0.313 e. The van der Waals surface area contributed by atoms with Crippen LogP contribution < -0.4 is 10.2 Å². The van der Waals surface area contributed by atoms with E-state index < -0.39 is 17.0 Å². The summed E-state index contributed by atoms with van der Waals surface area (Å²) in [4.78, 5) is 31.1. The van der Waals surface area contributed by atoms with E-state index in [4.69, 9.17) is 4.74 Å². The molecule has 4 heterocycles. The molecule has 0 amide bonds. The van der Waals surface area contributed by atoms with Gasteiger partial charge in [0.25, 0.3) is 0 Å². The van der Waals surface area contributed by atoms with Gasteiger partial charge in [0.1, 0.15) is 0 Å². The molecule has 2 aliphatic rings. The van der Waals surface area contributed by atoms with Crippen molar-refractivity contribution in [2.45, 2.75) is 59.2 Å². The number of halogens is 2. The largest absolute Gasteiger partial charge is 0.442 e. The molecule has 41 heavy (non-hydrogen) atoms. The predicted molar refractivity (Wildman–Crippen MR) is 146 cm³/mol. The Kier molecular flexibility index (Phi) is 6.66. The Morgan fingerprint density at radius 1 is 1.12 bits per heavy atom. The van der Waals surface area contributed by atoms with E-state index >= 15 is 0 Å². The number of aryl methyl sites for hydroxylation is 1. The number of esters is 1. The number of carbonyl (C=O) groups excluding carboxylic acids is 1. The SMILES string of the molecule is Cc1nc(NC2Cc3cc(F)c(F)cc3C2)ncc1-c1cnc(N2CC(c3cn(COC(=O)C(C)(C)C)nn3)C2)[nH]1. The summed E-state index contributed by atoms with van der Waals surface area (Å²) in [6.45, 7) is 8.80. The Hall–Kier alpha value is -4.42. The molecule has 0 atom stereocenters. The summed E-state index contributed by atoms with van der Waals surface area (Å²) in [6.07, 6.45) is 6.48. The average molecular weight is 564 g/mol. The fourth-order valence-corrected chi connectivity index (χ4v) is 5.05.